The van der Waals surface area contributed by atoms with Crippen LogP contribution in [0.3, 0.4) is 0 Å². The maximum atomic E-state index is 12.9. The van der Waals surface area contributed by atoms with Crippen LogP contribution in [0.4, 0.5) is 11.4 Å². The lowest BCUT2D eigenvalue weighted by atomic mass is 9.81. The van der Waals surface area contributed by atoms with Crippen LogP contribution in [0.25, 0.3) is 0 Å². The number of anilines is 2. The number of ether oxygens (including phenoxy) is 1. The monoisotopic (exact) mass is 499 g/mol. The molecular formula is C26H33N3O5S. The molecule has 0 bridgehead atoms. The lowest BCUT2D eigenvalue weighted by molar-refractivity contribution is -0.121. The van der Waals surface area contributed by atoms with E-state index < -0.39 is 10.0 Å². The van der Waals surface area contributed by atoms with Crippen LogP contribution in [0, 0.1) is 11.8 Å². The fourth-order valence-corrected chi connectivity index (χ4v) is 6.34. The molecule has 8 nitrogen and oxygen atoms in total. The number of amides is 2. The number of sulfonamides is 1. The van der Waals surface area contributed by atoms with Crippen LogP contribution in [0.5, 0.6) is 5.75 Å². The third-order valence-corrected chi connectivity index (χ3v) is 8.48. The molecule has 9 heteroatoms. The number of para-hydroxylation sites is 2. The van der Waals surface area contributed by atoms with Crippen LogP contribution < -0.4 is 19.7 Å². The first-order valence-corrected chi connectivity index (χ1v) is 13.5. The summed E-state index contributed by atoms with van der Waals surface area (Å²) in [6.07, 6.45) is 3.62. The Kier molecular flexibility index (Phi) is 7.47. The molecule has 0 saturated heterocycles. The van der Waals surface area contributed by atoms with Gasteiger partial charge in [-0.25, -0.2) is 13.1 Å². The van der Waals surface area contributed by atoms with Crippen molar-refractivity contribution >= 4 is 33.2 Å². The highest BCUT2D eigenvalue weighted by atomic mass is 32.2. The molecule has 1 aliphatic carbocycles. The summed E-state index contributed by atoms with van der Waals surface area (Å²) in [5.74, 6) is 0.634. The Balaban J connectivity index is 1.30. The molecule has 1 heterocycles. The van der Waals surface area contributed by atoms with E-state index in [0.717, 1.165) is 24.1 Å². The van der Waals surface area contributed by atoms with Crippen molar-refractivity contribution in [2.24, 2.45) is 11.8 Å². The molecule has 4 rings (SSSR count). The zero-order chi connectivity index (χ0) is 25.2. The van der Waals surface area contributed by atoms with Gasteiger partial charge in [0.25, 0.3) is 0 Å². The number of rotatable bonds is 7. The Morgan fingerprint density at radius 1 is 1.09 bits per heavy atom. The van der Waals surface area contributed by atoms with Gasteiger partial charge in [0.15, 0.2) is 0 Å². The van der Waals surface area contributed by atoms with Crippen molar-refractivity contribution in [1.82, 2.24) is 4.72 Å². The summed E-state index contributed by atoms with van der Waals surface area (Å²) in [4.78, 5) is 26.6. The van der Waals surface area contributed by atoms with Gasteiger partial charge in [0.2, 0.25) is 21.8 Å². The molecule has 0 radical (unpaired) electrons. The zero-order valence-electron chi connectivity index (χ0n) is 20.4. The number of nitrogens with zero attached hydrogens (tertiary/aromatic N) is 1. The van der Waals surface area contributed by atoms with Crippen molar-refractivity contribution in [3.05, 3.63) is 48.0 Å². The van der Waals surface area contributed by atoms with Crippen LogP contribution in [-0.4, -0.2) is 39.9 Å². The summed E-state index contributed by atoms with van der Waals surface area (Å²) >= 11 is 0. The van der Waals surface area contributed by atoms with E-state index in [9.17, 15) is 18.0 Å². The highest BCUT2D eigenvalue weighted by Gasteiger charge is 2.31. The minimum atomic E-state index is -3.66. The quantitative estimate of drug-likeness (QED) is 0.604. The fourth-order valence-electron chi connectivity index (χ4n) is 5.18. The van der Waals surface area contributed by atoms with E-state index in [-0.39, 0.29) is 34.6 Å². The highest BCUT2D eigenvalue weighted by molar-refractivity contribution is 7.89. The summed E-state index contributed by atoms with van der Waals surface area (Å²) in [6.45, 7) is 3.83. The number of nitrogens with one attached hydrogen (secondary N) is 2. The maximum absolute atomic E-state index is 12.9. The van der Waals surface area contributed by atoms with Crippen LogP contribution in [0.2, 0.25) is 0 Å². The molecule has 1 atom stereocenters. The molecule has 2 aliphatic rings. The molecule has 1 unspecified atom stereocenters. The number of fused-ring (bicyclic) bond motifs is 1. The Morgan fingerprint density at radius 2 is 1.80 bits per heavy atom. The van der Waals surface area contributed by atoms with Gasteiger partial charge in [-0.15, -0.1) is 0 Å². The van der Waals surface area contributed by atoms with E-state index in [1.165, 1.54) is 6.92 Å². The van der Waals surface area contributed by atoms with Crippen LogP contribution >= 0.6 is 0 Å². The first-order chi connectivity index (χ1) is 16.7. The van der Waals surface area contributed by atoms with Crippen LogP contribution in [-0.2, 0) is 26.0 Å². The van der Waals surface area contributed by atoms with Gasteiger partial charge in [0.1, 0.15) is 5.75 Å². The van der Waals surface area contributed by atoms with Crippen molar-refractivity contribution in [1.29, 1.82) is 0 Å². The number of hydrogen-bond acceptors (Lipinski definition) is 5. The molecule has 1 fully saturated rings. The Hall–Kier alpha value is -2.91. The number of carbonyl (C=O) groups excluding carboxylic acids is 2. The predicted molar refractivity (Wildman–Crippen MR) is 135 cm³/mol. The van der Waals surface area contributed by atoms with E-state index in [0.29, 0.717) is 37.2 Å². The SMILES string of the molecule is COc1ccccc1NC(=O)C1CCC(CNS(=O)(=O)c2ccc3c(c2)CC(C)N3C(C)=O)CC1. The summed E-state index contributed by atoms with van der Waals surface area (Å²) in [7, 11) is -2.09. The standard InChI is InChI=1S/C26H33N3O5S/c1-17-14-21-15-22(12-13-24(21)29(17)18(2)30)35(32,33)27-16-19-8-10-20(11-9-19)26(31)28-23-6-4-5-7-25(23)34-3/h4-7,12-13,15,17,19-20,27H,8-11,14,16H2,1-3H3,(H,28,31). The van der Waals surface area contributed by atoms with Crippen molar-refractivity contribution in [2.75, 3.05) is 23.9 Å². The second kappa shape index (κ2) is 10.4. The summed E-state index contributed by atoms with van der Waals surface area (Å²) in [5, 5.41) is 2.96. The molecule has 2 N–H and O–H groups in total. The lowest BCUT2D eigenvalue weighted by Gasteiger charge is -2.28. The smallest absolute Gasteiger partial charge is 0.240 e. The molecule has 0 aromatic heterocycles. The molecule has 2 aromatic rings. The van der Waals surface area contributed by atoms with Gasteiger partial charge in [0.05, 0.1) is 17.7 Å². The largest absolute Gasteiger partial charge is 0.495 e. The molecular weight excluding hydrogens is 466 g/mol. The fraction of sp³-hybridized carbons (Fsp3) is 0.462. The topological polar surface area (TPSA) is 105 Å². The molecule has 35 heavy (non-hydrogen) atoms. The second-order valence-corrected chi connectivity index (χ2v) is 11.3. The van der Waals surface area contributed by atoms with Crippen molar-refractivity contribution in [3.8, 4) is 5.75 Å². The minimum absolute atomic E-state index is 0.0174. The van der Waals surface area contributed by atoms with Crippen LogP contribution in [0.15, 0.2) is 47.4 Å². The van der Waals surface area contributed by atoms with Gasteiger partial charge in [-0.1, -0.05) is 12.1 Å². The van der Waals surface area contributed by atoms with Gasteiger partial charge in [0, 0.05) is 31.1 Å². The van der Waals surface area contributed by atoms with Gasteiger partial charge in [-0.05, 0) is 80.8 Å². The number of benzene rings is 2. The first kappa shape index (κ1) is 25.2. The summed E-state index contributed by atoms with van der Waals surface area (Å²) in [5.41, 5.74) is 2.32. The number of methoxy groups -OCH3 is 1. The predicted octanol–water partition coefficient (Wildman–Crippen LogP) is 3.72. The van der Waals surface area contributed by atoms with E-state index in [2.05, 4.69) is 10.0 Å². The molecule has 188 valence electrons. The molecule has 1 aliphatic heterocycles. The second-order valence-electron chi connectivity index (χ2n) is 9.49. The third-order valence-electron chi connectivity index (χ3n) is 7.06. The van der Waals surface area contributed by atoms with Crippen molar-refractivity contribution < 1.29 is 22.7 Å². The van der Waals surface area contributed by atoms with E-state index in [1.807, 2.05) is 25.1 Å². The Morgan fingerprint density at radius 3 is 2.49 bits per heavy atom. The molecule has 2 aromatic carbocycles. The molecule has 0 spiro atoms. The first-order valence-electron chi connectivity index (χ1n) is 12.1. The summed E-state index contributed by atoms with van der Waals surface area (Å²) < 4.78 is 33.9. The van der Waals surface area contributed by atoms with Crippen molar-refractivity contribution in [2.45, 2.75) is 56.9 Å². The highest BCUT2D eigenvalue weighted by Crippen LogP contribution is 2.34. The van der Waals surface area contributed by atoms with E-state index in [4.69, 9.17) is 4.74 Å². The number of hydrogen-bond donors (Lipinski definition) is 2. The van der Waals surface area contributed by atoms with E-state index in [1.54, 1.807) is 36.3 Å². The van der Waals surface area contributed by atoms with Gasteiger partial charge < -0.3 is 15.0 Å². The van der Waals surface area contributed by atoms with Gasteiger partial charge in [-0.3, -0.25) is 9.59 Å². The van der Waals surface area contributed by atoms with Crippen LogP contribution in [0.1, 0.15) is 45.1 Å². The van der Waals surface area contributed by atoms with Crippen molar-refractivity contribution in [3.63, 3.8) is 0 Å². The van der Waals surface area contributed by atoms with E-state index >= 15 is 0 Å². The van der Waals surface area contributed by atoms with Gasteiger partial charge in [-0.2, -0.15) is 0 Å². The van der Waals surface area contributed by atoms with Gasteiger partial charge >= 0.3 is 0 Å². The average molecular weight is 500 g/mol. The zero-order valence-corrected chi connectivity index (χ0v) is 21.2. The maximum Gasteiger partial charge on any atom is 0.240 e. The summed E-state index contributed by atoms with van der Waals surface area (Å²) in [6, 6.07) is 12.3. The lowest BCUT2D eigenvalue weighted by Crippen LogP contribution is -2.34. The molecule has 1 saturated carbocycles. The molecule has 2 amide bonds. The Labute approximate surface area is 207 Å². The normalized spacial score (nSPS) is 21.9. The Bertz CT molecular complexity index is 1210. The average Bonchev–Trinajstić information content (AvgIpc) is 3.18. The number of carbonyl (C=O) groups is 2. The minimum Gasteiger partial charge on any atom is -0.495 e. The third kappa shape index (κ3) is 5.51.